The molecular weight excluding hydrogens is 607 g/mol. The first-order valence-corrected chi connectivity index (χ1v) is 23.4. The Morgan fingerprint density at radius 1 is 0.500 bits per heavy atom. The van der Waals surface area contributed by atoms with E-state index in [1.807, 2.05) is 0 Å². The Bertz CT molecular complexity index is 761. The van der Waals surface area contributed by atoms with E-state index in [1.165, 1.54) is 122 Å². The van der Waals surface area contributed by atoms with E-state index in [9.17, 15) is 0 Å². The van der Waals surface area contributed by atoms with Crippen LogP contribution in [0.1, 0.15) is 174 Å². The van der Waals surface area contributed by atoms with Gasteiger partial charge < -0.3 is 18.5 Å². The lowest BCUT2D eigenvalue weighted by atomic mass is 10.1. The van der Waals surface area contributed by atoms with E-state index < -0.39 is 8.56 Å². The Kier molecular flexibility index (Phi) is 36.5. The fourth-order valence-electron chi connectivity index (χ4n) is 5.65. The lowest BCUT2D eigenvalue weighted by Crippen LogP contribution is -2.40. The highest BCUT2D eigenvalue weighted by Crippen LogP contribution is 2.18. The third kappa shape index (κ3) is 37.8. The van der Waals surface area contributed by atoms with E-state index >= 15 is 0 Å². The number of unbranched alkanes of at least 4 members (excludes halogenated alkanes) is 17. The third-order valence-electron chi connectivity index (χ3n) is 8.65. The van der Waals surface area contributed by atoms with Crippen molar-refractivity contribution in [3.63, 3.8) is 0 Å². The van der Waals surface area contributed by atoms with E-state index in [4.69, 9.17) is 13.6 Å². The molecule has 1 atom stereocenters. The molecule has 5 heteroatoms. The molecule has 0 bridgehead atoms. The van der Waals surface area contributed by atoms with Gasteiger partial charge in [0.1, 0.15) is 6.29 Å². The molecule has 0 heterocycles. The summed E-state index contributed by atoms with van der Waals surface area (Å²) in [6.45, 7) is 11.5. The number of nitrogens with zero attached hydrogens (tertiary/aromatic N) is 1. The summed E-state index contributed by atoms with van der Waals surface area (Å²) in [6, 6.07) is 0. The summed E-state index contributed by atoms with van der Waals surface area (Å²) in [5.41, 5.74) is 0. The quantitative estimate of drug-likeness (QED) is 0.0281. The van der Waals surface area contributed by atoms with Gasteiger partial charge in [0, 0.05) is 6.61 Å². The molecule has 0 aromatic carbocycles. The van der Waals surface area contributed by atoms with Crippen LogP contribution in [0.15, 0.2) is 48.6 Å². The van der Waals surface area contributed by atoms with Crippen LogP contribution in [0, 0.1) is 0 Å². The summed E-state index contributed by atoms with van der Waals surface area (Å²) < 4.78 is 19.2. The lowest BCUT2D eigenvalue weighted by Gasteiger charge is -2.29. The second-order valence-electron chi connectivity index (χ2n) is 14.4. The first-order valence-electron chi connectivity index (χ1n) is 20.6. The summed E-state index contributed by atoms with van der Waals surface area (Å²) in [4.78, 5) is 2.22. The molecule has 0 fully saturated rings. The van der Waals surface area contributed by atoms with Gasteiger partial charge in [-0.05, 0) is 124 Å². The zero-order chi connectivity index (χ0) is 35.2. The molecule has 0 aliphatic heterocycles. The van der Waals surface area contributed by atoms with Crippen molar-refractivity contribution in [3.05, 3.63) is 48.6 Å². The van der Waals surface area contributed by atoms with Crippen LogP contribution in [-0.2, 0) is 13.6 Å². The molecule has 48 heavy (non-hydrogen) atoms. The predicted octanol–water partition coefficient (Wildman–Crippen LogP) is 13.6. The normalized spacial score (nSPS) is 13.5. The molecule has 0 N–H and O–H groups in total. The van der Waals surface area contributed by atoms with Crippen molar-refractivity contribution in [1.82, 2.24) is 4.90 Å². The van der Waals surface area contributed by atoms with E-state index in [0.29, 0.717) is 0 Å². The average molecular weight is 690 g/mol. The van der Waals surface area contributed by atoms with Crippen molar-refractivity contribution in [2.45, 2.75) is 194 Å². The zero-order valence-corrected chi connectivity index (χ0v) is 34.2. The van der Waals surface area contributed by atoms with Crippen molar-refractivity contribution in [2.75, 3.05) is 33.9 Å². The van der Waals surface area contributed by atoms with Gasteiger partial charge in [-0.3, -0.25) is 0 Å². The molecule has 282 valence electrons. The maximum absolute atomic E-state index is 6.55. The maximum Gasteiger partial charge on any atom is 0.333 e. The number of allylic oxidation sites excluding steroid dienone is 8. The van der Waals surface area contributed by atoms with Crippen LogP contribution in [0.5, 0.6) is 0 Å². The maximum atomic E-state index is 6.55. The number of ether oxygens (including phenoxy) is 1. The minimum atomic E-state index is -2.23. The van der Waals surface area contributed by atoms with Gasteiger partial charge in [-0.15, -0.1) is 0 Å². The fraction of sp³-hybridized carbons (Fsp3) is 0.814. The average Bonchev–Trinajstić information content (AvgIpc) is 3.05. The molecule has 1 unspecified atom stereocenters. The van der Waals surface area contributed by atoms with Crippen LogP contribution in [-0.4, -0.2) is 53.6 Å². The van der Waals surface area contributed by atoms with Gasteiger partial charge >= 0.3 is 8.56 Å². The summed E-state index contributed by atoms with van der Waals surface area (Å²) in [7, 11) is 2.01. The second-order valence-corrected chi connectivity index (χ2v) is 17.8. The van der Waals surface area contributed by atoms with Gasteiger partial charge in [0.15, 0.2) is 0 Å². The molecule has 0 aliphatic rings. The Morgan fingerprint density at radius 2 is 0.938 bits per heavy atom. The van der Waals surface area contributed by atoms with Crippen LogP contribution in [0.4, 0.5) is 0 Å². The molecule has 4 nitrogen and oxygen atoms in total. The minimum Gasteiger partial charge on any atom is -0.394 e. The Labute approximate surface area is 302 Å². The topological polar surface area (TPSA) is 30.9 Å². The van der Waals surface area contributed by atoms with Crippen molar-refractivity contribution in [2.24, 2.45) is 0 Å². The zero-order valence-electron chi connectivity index (χ0n) is 33.2. The Balaban J connectivity index is 4.06. The molecule has 0 aliphatic carbocycles. The van der Waals surface area contributed by atoms with Crippen molar-refractivity contribution < 1.29 is 13.6 Å². The lowest BCUT2D eigenvalue weighted by molar-refractivity contribution is -0.104. The standard InChI is InChI=1S/C43H83NO3Si/c1-7-9-11-13-15-17-19-21-23-25-27-29-31-33-35-37-42-46-48(5,6)47-43(45-41-38-40-44(3)4)39-36-34-32-30-28-26-24-22-20-18-16-14-12-10-8-2/h15-18,21-24,43H,7-14,19-20,25-42H2,1-6H3/b17-15-,18-16-,23-21-,24-22-. The van der Waals surface area contributed by atoms with Crippen LogP contribution in [0.25, 0.3) is 0 Å². The van der Waals surface area contributed by atoms with E-state index in [2.05, 4.69) is 94.5 Å². The highest BCUT2D eigenvalue weighted by molar-refractivity contribution is 6.64. The Hall–Kier alpha value is -0.983. The van der Waals surface area contributed by atoms with E-state index in [-0.39, 0.29) is 6.29 Å². The Morgan fingerprint density at radius 3 is 1.42 bits per heavy atom. The summed E-state index contributed by atoms with van der Waals surface area (Å²) >= 11 is 0. The molecule has 0 aromatic rings. The first-order chi connectivity index (χ1) is 23.4. The largest absolute Gasteiger partial charge is 0.394 e. The van der Waals surface area contributed by atoms with Crippen molar-refractivity contribution >= 4 is 8.56 Å². The summed E-state index contributed by atoms with van der Waals surface area (Å²) in [5, 5.41) is 0. The van der Waals surface area contributed by atoms with Gasteiger partial charge in [0.05, 0.1) is 6.61 Å². The highest BCUT2D eigenvalue weighted by Gasteiger charge is 2.29. The molecule has 0 saturated carbocycles. The molecule has 0 saturated heterocycles. The van der Waals surface area contributed by atoms with Crippen molar-refractivity contribution in [3.8, 4) is 0 Å². The van der Waals surface area contributed by atoms with Gasteiger partial charge in [0.25, 0.3) is 0 Å². The van der Waals surface area contributed by atoms with Crippen LogP contribution in [0.3, 0.4) is 0 Å². The number of hydrogen-bond acceptors (Lipinski definition) is 4. The van der Waals surface area contributed by atoms with Gasteiger partial charge in [0.2, 0.25) is 0 Å². The van der Waals surface area contributed by atoms with Gasteiger partial charge in [-0.2, -0.15) is 0 Å². The van der Waals surface area contributed by atoms with Crippen molar-refractivity contribution in [1.29, 1.82) is 0 Å². The highest BCUT2D eigenvalue weighted by atomic mass is 28.4. The third-order valence-corrected chi connectivity index (χ3v) is 10.4. The van der Waals surface area contributed by atoms with E-state index in [1.54, 1.807) is 0 Å². The van der Waals surface area contributed by atoms with Gasteiger partial charge in [-0.25, -0.2) is 0 Å². The van der Waals surface area contributed by atoms with Crippen LogP contribution < -0.4 is 0 Å². The first kappa shape index (κ1) is 47.0. The van der Waals surface area contributed by atoms with Crippen LogP contribution >= 0.6 is 0 Å². The molecule has 0 amide bonds. The monoisotopic (exact) mass is 690 g/mol. The molecule has 0 spiro atoms. The molecule has 0 rings (SSSR count). The fourth-order valence-corrected chi connectivity index (χ4v) is 7.18. The van der Waals surface area contributed by atoms with Crippen LogP contribution in [0.2, 0.25) is 13.1 Å². The minimum absolute atomic E-state index is 0.136. The molecule has 0 aromatic heterocycles. The second kappa shape index (κ2) is 37.3. The smallest absolute Gasteiger partial charge is 0.333 e. The summed E-state index contributed by atoms with van der Waals surface area (Å²) in [6.07, 6.45) is 49.6. The van der Waals surface area contributed by atoms with Gasteiger partial charge in [-0.1, -0.05) is 133 Å². The molecular formula is C43H83NO3Si. The summed E-state index contributed by atoms with van der Waals surface area (Å²) in [5.74, 6) is 0. The SMILES string of the molecule is CCCCC/C=C\C/C=C\CCCCCCCCO[Si](C)(C)OC(CCCCCCC/C=C\C/C=C\CCCCC)OCCCN(C)C. The number of hydrogen-bond donors (Lipinski definition) is 0. The molecule has 0 radical (unpaired) electrons. The van der Waals surface area contributed by atoms with E-state index in [0.717, 1.165) is 58.3 Å². The predicted molar refractivity (Wildman–Crippen MR) is 216 cm³/mol. The number of rotatable bonds is 37.